The summed E-state index contributed by atoms with van der Waals surface area (Å²) in [7, 11) is 1.89. The van der Waals surface area contributed by atoms with Gasteiger partial charge in [-0.25, -0.2) is 4.79 Å². The minimum atomic E-state index is -0.507. The van der Waals surface area contributed by atoms with Gasteiger partial charge in [-0.3, -0.25) is 9.48 Å². The molecule has 0 spiro atoms. The summed E-state index contributed by atoms with van der Waals surface area (Å²) in [6, 6.07) is 1.92. The van der Waals surface area contributed by atoms with Crippen molar-refractivity contribution in [3.63, 3.8) is 0 Å². The third kappa shape index (κ3) is 3.63. The Morgan fingerprint density at radius 3 is 2.32 bits per heavy atom. The molecule has 0 unspecified atom stereocenters. The van der Waals surface area contributed by atoms with Crippen LogP contribution in [-0.4, -0.2) is 63.4 Å². The standard InChI is InChI=1S/C17H24N4O3S/c1-11-12-10-13(25-15(12)19(5)18-11)14(22)20-6-8-21(9-7-20)16(23)24-17(2,3)4/h10H,6-9H2,1-5H3. The van der Waals surface area contributed by atoms with E-state index in [-0.39, 0.29) is 12.0 Å². The molecule has 0 saturated carbocycles. The van der Waals surface area contributed by atoms with E-state index < -0.39 is 5.60 Å². The maximum absolute atomic E-state index is 12.8. The minimum Gasteiger partial charge on any atom is -0.444 e. The van der Waals surface area contributed by atoms with Crippen LogP contribution in [0.4, 0.5) is 4.79 Å². The molecule has 2 aromatic rings. The molecule has 1 fully saturated rings. The van der Waals surface area contributed by atoms with Gasteiger partial charge in [0.05, 0.1) is 10.6 Å². The fourth-order valence-corrected chi connectivity index (χ4v) is 3.98. The lowest BCUT2D eigenvalue weighted by molar-refractivity contribution is 0.0141. The monoisotopic (exact) mass is 364 g/mol. The van der Waals surface area contributed by atoms with Crippen molar-refractivity contribution in [2.45, 2.75) is 33.3 Å². The second kappa shape index (κ2) is 6.33. The summed E-state index contributed by atoms with van der Waals surface area (Å²) in [6.45, 7) is 9.52. The summed E-state index contributed by atoms with van der Waals surface area (Å²) in [6.07, 6.45) is -0.317. The summed E-state index contributed by atoms with van der Waals surface area (Å²) in [5.74, 6) is 0.0180. The maximum atomic E-state index is 12.8. The van der Waals surface area contributed by atoms with Crippen molar-refractivity contribution >= 4 is 33.6 Å². The minimum absolute atomic E-state index is 0.0180. The molecule has 3 heterocycles. The number of piperazine rings is 1. The lowest BCUT2D eigenvalue weighted by Crippen LogP contribution is -2.51. The number of hydrogen-bond donors (Lipinski definition) is 0. The van der Waals surface area contributed by atoms with Crippen molar-refractivity contribution in [2.24, 2.45) is 7.05 Å². The van der Waals surface area contributed by atoms with Crippen molar-refractivity contribution < 1.29 is 14.3 Å². The van der Waals surface area contributed by atoms with Crippen molar-refractivity contribution in [2.75, 3.05) is 26.2 Å². The number of carbonyl (C=O) groups excluding carboxylic acids is 2. The highest BCUT2D eigenvalue weighted by molar-refractivity contribution is 7.20. The Hall–Kier alpha value is -2.09. The number of thiophene rings is 1. The Morgan fingerprint density at radius 1 is 1.16 bits per heavy atom. The molecule has 2 amide bonds. The van der Waals surface area contributed by atoms with Gasteiger partial charge in [-0.05, 0) is 33.8 Å². The van der Waals surface area contributed by atoms with Gasteiger partial charge in [0.1, 0.15) is 10.4 Å². The first kappa shape index (κ1) is 17.7. The number of carbonyl (C=O) groups is 2. The van der Waals surface area contributed by atoms with Crippen LogP contribution in [0.5, 0.6) is 0 Å². The summed E-state index contributed by atoms with van der Waals surface area (Å²) in [5, 5.41) is 5.40. The van der Waals surface area contributed by atoms with E-state index >= 15 is 0 Å². The van der Waals surface area contributed by atoms with E-state index in [0.29, 0.717) is 26.2 Å². The van der Waals surface area contributed by atoms with Crippen molar-refractivity contribution in [1.29, 1.82) is 0 Å². The lowest BCUT2D eigenvalue weighted by atomic mass is 10.2. The molecule has 1 aliphatic rings. The van der Waals surface area contributed by atoms with E-state index in [1.165, 1.54) is 11.3 Å². The van der Waals surface area contributed by atoms with Crippen LogP contribution in [0.1, 0.15) is 36.1 Å². The fourth-order valence-electron chi connectivity index (χ4n) is 2.89. The zero-order valence-electron chi connectivity index (χ0n) is 15.3. The number of rotatable bonds is 1. The number of hydrogen-bond acceptors (Lipinski definition) is 5. The zero-order valence-corrected chi connectivity index (χ0v) is 16.1. The third-order valence-electron chi connectivity index (χ3n) is 4.13. The Labute approximate surface area is 151 Å². The van der Waals surface area contributed by atoms with Crippen LogP contribution >= 0.6 is 11.3 Å². The second-order valence-corrected chi connectivity index (χ2v) is 8.33. The fraction of sp³-hybridized carbons (Fsp3) is 0.588. The molecule has 0 radical (unpaired) electrons. The van der Waals surface area contributed by atoms with Gasteiger partial charge in [-0.2, -0.15) is 5.10 Å². The van der Waals surface area contributed by atoms with Crippen LogP contribution in [0.15, 0.2) is 6.07 Å². The first-order valence-corrected chi connectivity index (χ1v) is 9.18. The van der Waals surface area contributed by atoms with Gasteiger partial charge in [0.25, 0.3) is 5.91 Å². The van der Waals surface area contributed by atoms with Crippen LogP contribution < -0.4 is 0 Å². The predicted octanol–water partition coefficient (Wildman–Crippen LogP) is 2.64. The maximum Gasteiger partial charge on any atom is 0.410 e. The topological polar surface area (TPSA) is 67.7 Å². The summed E-state index contributed by atoms with van der Waals surface area (Å²) >= 11 is 1.47. The molecular weight excluding hydrogens is 340 g/mol. The molecule has 1 aliphatic heterocycles. The molecular formula is C17H24N4O3S. The highest BCUT2D eigenvalue weighted by Crippen LogP contribution is 2.28. The van der Waals surface area contributed by atoms with Crippen LogP contribution in [-0.2, 0) is 11.8 Å². The average Bonchev–Trinajstić information content (AvgIpc) is 3.07. The first-order chi connectivity index (χ1) is 11.7. The molecule has 7 nitrogen and oxygen atoms in total. The van der Waals surface area contributed by atoms with E-state index in [9.17, 15) is 9.59 Å². The Bertz CT molecular complexity index is 775. The van der Waals surface area contributed by atoms with Gasteiger partial charge in [-0.1, -0.05) is 0 Å². The molecule has 8 heteroatoms. The smallest absolute Gasteiger partial charge is 0.410 e. The van der Waals surface area contributed by atoms with E-state index in [0.717, 1.165) is 20.8 Å². The zero-order chi connectivity index (χ0) is 18.4. The largest absolute Gasteiger partial charge is 0.444 e. The van der Waals surface area contributed by atoms with Gasteiger partial charge < -0.3 is 14.5 Å². The molecule has 0 aliphatic carbocycles. The van der Waals surface area contributed by atoms with E-state index in [1.54, 1.807) is 9.80 Å². The SMILES string of the molecule is Cc1nn(C)c2sc(C(=O)N3CCN(C(=O)OC(C)(C)C)CC3)cc12. The van der Waals surface area contributed by atoms with Crippen LogP contribution in [0.2, 0.25) is 0 Å². The molecule has 25 heavy (non-hydrogen) atoms. The Kier molecular flexibility index (Phi) is 4.49. The molecule has 0 aromatic carbocycles. The molecule has 136 valence electrons. The lowest BCUT2D eigenvalue weighted by Gasteiger charge is -2.35. The molecule has 1 saturated heterocycles. The number of nitrogens with zero attached hydrogens (tertiary/aromatic N) is 4. The van der Waals surface area contributed by atoms with E-state index in [2.05, 4.69) is 5.10 Å². The van der Waals surface area contributed by atoms with Gasteiger partial charge in [-0.15, -0.1) is 11.3 Å². The summed E-state index contributed by atoms with van der Waals surface area (Å²) in [5.41, 5.74) is 0.426. The molecule has 0 bridgehead atoms. The third-order valence-corrected chi connectivity index (χ3v) is 5.32. The average molecular weight is 364 g/mol. The number of amides is 2. The van der Waals surface area contributed by atoms with Crippen LogP contribution in [0.25, 0.3) is 10.2 Å². The Morgan fingerprint density at radius 2 is 1.76 bits per heavy atom. The first-order valence-electron chi connectivity index (χ1n) is 8.36. The number of aromatic nitrogens is 2. The highest BCUT2D eigenvalue weighted by atomic mass is 32.1. The molecule has 0 atom stereocenters. The predicted molar refractivity (Wildman–Crippen MR) is 97.0 cm³/mol. The number of fused-ring (bicyclic) bond motifs is 1. The highest BCUT2D eigenvalue weighted by Gasteiger charge is 2.29. The normalized spacial score (nSPS) is 15.7. The van der Waals surface area contributed by atoms with Crippen LogP contribution in [0.3, 0.4) is 0 Å². The van der Waals surface area contributed by atoms with Crippen LogP contribution in [0, 0.1) is 6.92 Å². The van der Waals surface area contributed by atoms with E-state index in [1.807, 2.05) is 45.5 Å². The van der Waals surface area contributed by atoms with Crippen molar-refractivity contribution in [3.8, 4) is 0 Å². The summed E-state index contributed by atoms with van der Waals surface area (Å²) < 4.78 is 7.20. The quantitative estimate of drug-likeness (QED) is 0.780. The number of aryl methyl sites for hydroxylation is 2. The molecule has 2 aromatic heterocycles. The van der Waals surface area contributed by atoms with Crippen molar-refractivity contribution in [1.82, 2.24) is 19.6 Å². The van der Waals surface area contributed by atoms with Gasteiger partial charge in [0, 0.05) is 38.6 Å². The molecule has 0 N–H and O–H groups in total. The summed E-state index contributed by atoms with van der Waals surface area (Å²) in [4.78, 5) is 30.1. The van der Waals surface area contributed by atoms with Gasteiger partial charge in [0.2, 0.25) is 0 Å². The van der Waals surface area contributed by atoms with E-state index in [4.69, 9.17) is 4.74 Å². The van der Waals surface area contributed by atoms with Gasteiger partial charge in [0.15, 0.2) is 0 Å². The van der Waals surface area contributed by atoms with Crippen molar-refractivity contribution in [3.05, 3.63) is 16.6 Å². The second-order valence-electron chi connectivity index (χ2n) is 7.30. The molecule has 3 rings (SSSR count). The van der Waals surface area contributed by atoms with Gasteiger partial charge >= 0.3 is 6.09 Å². The Balaban J connectivity index is 1.65. The number of ether oxygens (including phenoxy) is 1.